The van der Waals surface area contributed by atoms with E-state index in [-0.39, 0.29) is 11.7 Å². The first kappa shape index (κ1) is 23.4. The van der Waals surface area contributed by atoms with Crippen LogP contribution in [0.2, 0.25) is 0 Å². The highest BCUT2D eigenvalue weighted by molar-refractivity contribution is 5.79. The fourth-order valence-electron chi connectivity index (χ4n) is 5.57. The quantitative estimate of drug-likeness (QED) is 0.373. The molecule has 6 rings (SSSR count). The van der Waals surface area contributed by atoms with Crippen molar-refractivity contribution < 1.29 is 23.4 Å². The van der Waals surface area contributed by atoms with E-state index < -0.39 is 18.0 Å². The van der Waals surface area contributed by atoms with E-state index in [9.17, 15) is 18.7 Å². The van der Waals surface area contributed by atoms with Crippen LogP contribution in [0.25, 0.3) is 16.8 Å². The molecule has 7 nitrogen and oxygen atoms in total. The summed E-state index contributed by atoms with van der Waals surface area (Å²) < 4.78 is 32.5. The molecule has 1 aliphatic carbocycles. The number of carbonyl (C=O) groups is 1. The van der Waals surface area contributed by atoms with Gasteiger partial charge in [0.1, 0.15) is 17.2 Å². The van der Waals surface area contributed by atoms with Gasteiger partial charge in [0.25, 0.3) is 0 Å². The zero-order chi connectivity index (χ0) is 25.7. The van der Waals surface area contributed by atoms with E-state index in [0.29, 0.717) is 24.9 Å². The Hall–Kier alpha value is -4.01. The minimum Gasteiger partial charge on any atom is -0.481 e. The number of ether oxygens (including phenoxy) is 1. The van der Waals surface area contributed by atoms with Crippen molar-refractivity contribution >= 4 is 17.4 Å². The number of rotatable bonds is 7. The zero-order valence-electron chi connectivity index (χ0n) is 20.3. The SMILES string of the molecule is Cc1nc2ccc(-c3ccc(N4CCC5(C(=O)O)CC5C4)nc3)cn2c1Cc1ccccc1OC(F)F. The van der Waals surface area contributed by atoms with E-state index in [1.807, 2.05) is 48.0 Å². The summed E-state index contributed by atoms with van der Waals surface area (Å²) in [7, 11) is 0. The number of imidazole rings is 1. The summed E-state index contributed by atoms with van der Waals surface area (Å²) in [6.45, 7) is 0.432. The molecule has 0 spiro atoms. The van der Waals surface area contributed by atoms with Crippen LogP contribution in [0.1, 0.15) is 29.8 Å². The lowest BCUT2D eigenvalue weighted by molar-refractivity contribution is -0.144. The Labute approximate surface area is 212 Å². The van der Waals surface area contributed by atoms with Crippen molar-refractivity contribution in [2.45, 2.75) is 32.8 Å². The first-order chi connectivity index (χ1) is 17.8. The van der Waals surface area contributed by atoms with Crippen LogP contribution in [0.3, 0.4) is 0 Å². The summed E-state index contributed by atoms with van der Waals surface area (Å²) in [6, 6.07) is 14.7. The van der Waals surface area contributed by atoms with Crippen LogP contribution in [0.15, 0.2) is 60.9 Å². The fraction of sp³-hybridized carbons (Fsp3) is 0.321. The number of halogens is 2. The lowest BCUT2D eigenvalue weighted by Gasteiger charge is -2.30. The largest absolute Gasteiger partial charge is 0.481 e. The van der Waals surface area contributed by atoms with Crippen molar-refractivity contribution in [2.24, 2.45) is 11.3 Å². The van der Waals surface area contributed by atoms with Crippen molar-refractivity contribution in [3.63, 3.8) is 0 Å². The predicted molar refractivity (Wildman–Crippen MR) is 134 cm³/mol. The molecule has 2 unspecified atom stereocenters. The summed E-state index contributed by atoms with van der Waals surface area (Å²) in [4.78, 5) is 23.1. The molecule has 0 amide bonds. The van der Waals surface area contributed by atoms with Crippen LogP contribution >= 0.6 is 0 Å². The number of aliphatic carboxylic acids is 1. The minimum absolute atomic E-state index is 0.160. The molecule has 1 saturated carbocycles. The van der Waals surface area contributed by atoms with Crippen molar-refractivity contribution in [1.29, 1.82) is 0 Å². The van der Waals surface area contributed by atoms with E-state index in [2.05, 4.69) is 14.9 Å². The Bertz CT molecular complexity index is 1490. The first-order valence-corrected chi connectivity index (χ1v) is 12.3. The summed E-state index contributed by atoms with van der Waals surface area (Å²) in [5.74, 6) is 0.537. The van der Waals surface area contributed by atoms with Gasteiger partial charge in [-0.05, 0) is 56.0 Å². The van der Waals surface area contributed by atoms with Crippen LogP contribution in [0.5, 0.6) is 5.75 Å². The molecule has 1 aromatic carbocycles. The Morgan fingerprint density at radius 2 is 2.00 bits per heavy atom. The molecule has 1 saturated heterocycles. The Kier molecular flexibility index (Phi) is 5.58. The molecule has 4 aromatic rings. The third kappa shape index (κ3) is 4.18. The number of pyridine rings is 2. The highest BCUT2D eigenvalue weighted by atomic mass is 19.3. The second-order valence-electron chi connectivity index (χ2n) is 9.92. The van der Waals surface area contributed by atoms with Gasteiger partial charge in [0.2, 0.25) is 0 Å². The number of piperidine rings is 1. The second kappa shape index (κ2) is 8.83. The monoisotopic (exact) mass is 504 g/mol. The molecule has 1 aliphatic heterocycles. The van der Waals surface area contributed by atoms with Gasteiger partial charge in [-0.2, -0.15) is 8.78 Å². The number of carboxylic acid groups (broad SMARTS) is 1. The van der Waals surface area contributed by atoms with Crippen molar-refractivity contribution in [3.8, 4) is 16.9 Å². The van der Waals surface area contributed by atoms with Crippen molar-refractivity contribution in [1.82, 2.24) is 14.4 Å². The van der Waals surface area contributed by atoms with E-state index in [0.717, 1.165) is 46.9 Å². The van der Waals surface area contributed by atoms with Gasteiger partial charge in [-0.25, -0.2) is 9.97 Å². The molecule has 9 heteroatoms. The molecule has 190 valence electrons. The highest BCUT2D eigenvalue weighted by Gasteiger charge is 2.62. The lowest BCUT2D eigenvalue weighted by Crippen LogP contribution is -2.38. The number of alkyl halides is 2. The molecule has 0 bridgehead atoms. The van der Waals surface area contributed by atoms with E-state index in [4.69, 9.17) is 4.74 Å². The van der Waals surface area contributed by atoms with Crippen LogP contribution in [0.4, 0.5) is 14.6 Å². The fourth-order valence-corrected chi connectivity index (χ4v) is 5.57. The Morgan fingerprint density at radius 1 is 1.19 bits per heavy atom. The summed E-state index contributed by atoms with van der Waals surface area (Å²) in [5.41, 5.74) is 4.52. The van der Waals surface area contributed by atoms with Gasteiger partial charge in [-0.3, -0.25) is 4.79 Å². The maximum Gasteiger partial charge on any atom is 0.387 e. The molecule has 3 aromatic heterocycles. The molecule has 1 N–H and O–H groups in total. The van der Waals surface area contributed by atoms with Crippen molar-refractivity contribution in [2.75, 3.05) is 18.0 Å². The zero-order valence-corrected chi connectivity index (χ0v) is 20.3. The number of fused-ring (bicyclic) bond motifs is 2. The van der Waals surface area contributed by atoms with E-state index >= 15 is 0 Å². The first-order valence-electron chi connectivity index (χ1n) is 12.3. The van der Waals surface area contributed by atoms with Crippen LogP contribution in [-0.2, 0) is 11.2 Å². The summed E-state index contributed by atoms with van der Waals surface area (Å²) in [5, 5.41) is 9.51. The third-order valence-electron chi connectivity index (χ3n) is 7.80. The van der Waals surface area contributed by atoms with Gasteiger partial charge in [0.05, 0.1) is 11.1 Å². The summed E-state index contributed by atoms with van der Waals surface area (Å²) >= 11 is 0. The predicted octanol–water partition coefficient (Wildman–Crippen LogP) is 5.20. The number of aryl methyl sites for hydroxylation is 1. The molecule has 4 heterocycles. The number of hydrogen-bond donors (Lipinski definition) is 1. The number of aromatic nitrogens is 3. The van der Waals surface area contributed by atoms with Gasteiger partial charge < -0.3 is 19.1 Å². The van der Waals surface area contributed by atoms with Crippen LogP contribution < -0.4 is 9.64 Å². The van der Waals surface area contributed by atoms with Gasteiger partial charge in [-0.1, -0.05) is 18.2 Å². The molecular formula is C28H26F2N4O3. The topological polar surface area (TPSA) is 80.0 Å². The maximum absolute atomic E-state index is 12.9. The van der Waals surface area contributed by atoms with E-state index in [1.165, 1.54) is 0 Å². The average molecular weight is 505 g/mol. The second-order valence-corrected chi connectivity index (χ2v) is 9.92. The molecule has 37 heavy (non-hydrogen) atoms. The number of benzene rings is 1. The molecular weight excluding hydrogens is 478 g/mol. The average Bonchev–Trinajstić information content (AvgIpc) is 3.56. The van der Waals surface area contributed by atoms with Crippen LogP contribution in [0, 0.1) is 18.3 Å². The van der Waals surface area contributed by atoms with Gasteiger partial charge in [0.15, 0.2) is 0 Å². The number of anilines is 1. The smallest absolute Gasteiger partial charge is 0.387 e. The van der Waals surface area contributed by atoms with Gasteiger partial charge >= 0.3 is 12.6 Å². The number of para-hydroxylation sites is 1. The number of hydrogen-bond acceptors (Lipinski definition) is 5. The molecule has 2 aliphatic rings. The van der Waals surface area contributed by atoms with Gasteiger partial charge in [0, 0.05) is 54.3 Å². The molecule has 2 fully saturated rings. The van der Waals surface area contributed by atoms with Crippen molar-refractivity contribution in [3.05, 3.63) is 77.9 Å². The van der Waals surface area contributed by atoms with Crippen LogP contribution in [-0.4, -0.2) is 45.1 Å². The Balaban J connectivity index is 1.25. The highest BCUT2D eigenvalue weighted by Crippen LogP contribution is 2.58. The third-order valence-corrected chi connectivity index (χ3v) is 7.80. The van der Waals surface area contributed by atoms with Gasteiger partial charge in [-0.15, -0.1) is 0 Å². The van der Waals surface area contributed by atoms with E-state index in [1.54, 1.807) is 24.3 Å². The lowest BCUT2D eigenvalue weighted by atomic mass is 9.95. The standard InChI is InChI=1S/C28H26F2N4O3/c1-17-22(12-18-4-2-3-5-23(18)37-27(29)30)34-15-20(7-9-25(34)32-17)19-6-8-24(31-14-19)33-11-10-28(26(35)36)13-21(28)16-33/h2-9,14-15,21,27H,10-13,16H2,1H3,(H,35,36). The molecule has 0 radical (unpaired) electrons. The Morgan fingerprint density at radius 3 is 2.73 bits per heavy atom. The molecule has 2 atom stereocenters. The minimum atomic E-state index is -2.89. The summed E-state index contributed by atoms with van der Waals surface area (Å²) in [6.07, 6.45) is 5.62. The number of nitrogens with zero attached hydrogens (tertiary/aromatic N) is 4. The normalized spacial score (nSPS) is 20.8. The maximum atomic E-state index is 12.9. The number of carboxylic acids is 1.